The second-order valence-corrected chi connectivity index (χ2v) is 5.21. The summed E-state index contributed by atoms with van der Waals surface area (Å²) in [5.41, 5.74) is -0.358. The van der Waals surface area contributed by atoms with Crippen molar-refractivity contribution in [3.05, 3.63) is 0 Å². The molecule has 0 aliphatic rings. The number of hydrogen-bond donors (Lipinski definition) is 1. The molecule has 0 heterocycles. The summed E-state index contributed by atoms with van der Waals surface area (Å²) in [6, 6.07) is 2.98. The molecular weight excluding hydrogens is 210 g/mol. The Balaban J connectivity index is 4.06. The summed E-state index contributed by atoms with van der Waals surface area (Å²) in [4.78, 5) is 2.49. The molecule has 0 aromatic rings. The van der Waals surface area contributed by atoms with E-state index in [1.807, 2.05) is 13.8 Å². The molecule has 0 aliphatic heterocycles. The van der Waals surface area contributed by atoms with E-state index in [4.69, 9.17) is 5.26 Å². The fourth-order valence-electron chi connectivity index (χ4n) is 2.13. The van der Waals surface area contributed by atoms with Crippen LogP contribution < -0.4 is 5.32 Å². The minimum absolute atomic E-state index is 0.358. The lowest BCUT2D eigenvalue weighted by molar-refractivity contribution is 0.211. The number of hydrogen-bond acceptors (Lipinski definition) is 3. The minimum Gasteiger partial charge on any atom is -0.301 e. The van der Waals surface area contributed by atoms with Gasteiger partial charge in [0.05, 0.1) is 6.07 Å². The topological polar surface area (TPSA) is 39.1 Å². The molecule has 0 bridgehead atoms. The van der Waals surface area contributed by atoms with E-state index < -0.39 is 0 Å². The molecule has 0 saturated heterocycles. The van der Waals surface area contributed by atoms with Crippen molar-refractivity contribution in [2.24, 2.45) is 0 Å². The van der Waals surface area contributed by atoms with Gasteiger partial charge in [0.1, 0.15) is 5.54 Å². The molecule has 0 rings (SSSR count). The Morgan fingerprint density at radius 1 is 1.29 bits per heavy atom. The van der Waals surface area contributed by atoms with Crippen LogP contribution in [-0.4, -0.2) is 36.1 Å². The molecule has 17 heavy (non-hydrogen) atoms. The first-order chi connectivity index (χ1) is 7.99. The lowest BCUT2D eigenvalue weighted by Gasteiger charge is -2.28. The van der Waals surface area contributed by atoms with Gasteiger partial charge in [0.25, 0.3) is 0 Å². The molecule has 0 aliphatic carbocycles. The number of nitrogens with one attached hydrogen (secondary N) is 1. The second-order valence-electron chi connectivity index (χ2n) is 5.21. The van der Waals surface area contributed by atoms with Gasteiger partial charge in [-0.3, -0.25) is 5.32 Å². The van der Waals surface area contributed by atoms with Gasteiger partial charge in [-0.05, 0) is 59.7 Å². The molecule has 1 N–H and O–H groups in total. The highest BCUT2D eigenvalue weighted by Gasteiger charge is 2.22. The molecule has 0 amide bonds. The number of nitriles is 1. The lowest BCUT2D eigenvalue weighted by Crippen LogP contribution is -2.42. The van der Waals surface area contributed by atoms with Crippen LogP contribution in [0.5, 0.6) is 0 Å². The van der Waals surface area contributed by atoms with E-state index >= 15 is 0 Å². The maximum absolute atomic E-state index is 9.17. The first kappa shape index (κ1) is 16.4. The van der Waals surface area contributed by atoms with E-state index in [2.05, 4.69) is 37.1 Å². The largest absolute Gasteiger partial charge is 0.301 e. The maximum Gasteiger partial charge on any atom is 0.103 e. The van der Waals surface area contributed by atoms with E-state index in [0.717, 1.165) is 32.5 Å². The fraction of sp³-hybridized carbons (Fsp3) is 0.929. The molecular formula is C14H29N3. The number of nitrogens with zero attached hydrogens (tertiary/aromatic N) is 2. The van der Waals surface area contributed by atoms with Gasteiger partial charge in [0.15, 0.2) is 0 Å². The predicted octanol–water partition coefficient (Wildman–Crippen LogP) is 2.78. The monoisotopic (exact) mass is 239 g/mol. The van der Waals surface area contributed by atoms with Gasteiger partial charge in [0, 0.05) is 6.04 Å². The average molecular weight is 239 g/mol. The molecule has 0 aromatic heterocycles. The van der Waals surface area contributed by atoms with Crippen molar-refractivity contribution in [2.75, 3.05) is 19.6 Å². The predicted molar refractivity (Wildman–Crippen MR) is 73.9 cm³/mol. The van der Waals surface area contributed by atoms with Crippen LogP contribution >= 0.6 is 0 Å². The van der Waals surface area contributed by atoms with Crippen molar-refractivity contribution in [3.63, 3.8) is 0 Å². The third kappa shape index (κ3) is 6.65. The summed E-state index contributed by atoms with van der Waals surface area (Å²) in [7, 11) is 0. The van der Waals surface area contributed by atoms with Crippen LogP contribution in [0.2, 0.25) is 0 Å². The Hall–Kier alpha value is -0.590. The van der Waals surface area contributed by atoms with Gasteiger partial charge < -0.3 is 4.90 Å². The van der Waals surface area contributed by atoms with Crippen molar-refractivity contribution < 1.29 is 0 Å². The van der Waals surface area contributed by atoms with Crippen molar-refractivity contribution in [1.29, 1.82) is 5.26 Å². The van der Waals surface area contributed by atoms with Gasteiger partial charge in [-0.25, -0.2) is 0 Å². The van der Waals surface area contributed by atoms with Gasteiger partial charge in [0.2, 0.25) is 0 Å². The molecule has 3 heteroatoms. The Morgan fingerprint density at radius 3 is 2.35 bits per heavy atom. The molecule has 0 radical (unpaired) electrons. The molecule has 0 saturated carbocycles. The molecule has 3 nitrogen and oxygen atoms in total. The second kappa shape index (κ2) is 8.49. The van der Waals surface area contributed by atoms with E-state index in [1.54, 1.807) is 0 Å². The van der Waals surface area contributed by atoms with Crippen LogP contribution in [0.3, 0.4) is 0 Å². The van der Waals surface area contributed by atoms with Crippen molar-refractivity contribution in [1.82, 2.24) is 10.2 Å². The Kier molecular flexibility index (Phi) is 8.20. The van der Waals surface area contributed by atoms with Crippen LogP contribution in [0.25, 0.3) is 0 Å². The minimum atomic E-state index is -0.358. The molecule has 1 atom stereocenters. The SMILES string of the molecule is CCCN(CCCC(C)(C#N)NCC)C(C)C. The first-order valence-corrected chi connectivity index (χ1v) is 6.89. The molecule has 1 unspecified atom stereocenters. The third-order valence-corrected chi connectivity index (χ3v) is 3.18. The van der Waals surface area contributed by atoms with Crippen LogP contribution in [0, 0.1) is 11.3 Å². The normalized spacial score (nSPS) is 14.9. The Morgan fingerprint density at radius 2 is 1.94 bits per heavy atom. The summed E-state index contributed by atoms with van der Waals surface area (Å²) >= 11 is 0. The van der Waals surface area contributed by atoms with Crippen LogP contribution in [0.4, 0.5) is 0 Å². The van der Waals surface area contributed by atoms with Crippen molar-refractivity contribution in [2.45, 2.75) is 65.5 Å². The van der Waals surface area contributed by atoms with E-state index in [-0.39, 0.29) is 5.54 Å². The van der Waals surface area contributed by atoms with Crippen molar-refractivity contribution in [3.8, 4) is 6.07 Å². The highest BCUT2D eigenvalue weighted by molar-refractivity contribution is 5.03. The van der Waals surface area contributed by atoms with E-state index in [9.17, 15) is 0 Å². The van der Waals surface area contributed by atoms with Gasteiger partial charge in [-0.15, -0.1) is 0 Å². The van der Waals surface area contributed by atoms with E-state index in [0.29, 0.717) is 6.04 Å². The zero-order valence-corrected chi connectivity index (χ0v) is 12.2. The van der Waals surface area contributed by atoms with Gasteiger partial charge >= 0.3 is 0 Å². The lowest BCUT2D eigenvalue weighted by atomic mass is 9.97. The zero-order chi connectivity index (χ0) is 13.3. The zero-order valence-electron chi connectivity index (χ0n) is 12.2. The van der Waals surface area contributed by atoms with Crippen LogP contribution in [0.1, 0.15) is 53.9 Å². The first-order valence-electron chi connectivity index (χ1n) is 6.89. The smallest absolute Gasteiger partial charge is 0.103 e. The van der Waals surface area contributed by atoms with Crippen LogP contribution in [0.15, 0.2) is 0 Å². The quantitative estimate of drug-likeness (QED) is 0.672. The summed E-state index contributed by atoms with van der Waals surface area (Å²) < 4.78 is 0. The third-order valence-electron chi connectivity index (χ3n) is 3.18. The highest BCUT2D eigenvalue weighted by Crippen LogP contribution is 2.12. The summed E-state index contributed by atoms with van der Waals surface area (Å²) in [5.74, 6) is 0. The summed E-state index contributed by atoms with van der Waals surface area (Å²) in [6.45, 7) is 13.8. The van der Waals surface area contributed by atoms with Crippen LogP contribution in [-0.2, 0) is 0 Å². The van der Waals surface area contributed by atoms with Crippen molar-refractivity contribution >= 4 is 0 Å². The van der Waals surface area contributed by atoms with E-state index in [1.165, 1.54) is 6.42 Å². The number of rotatable bonds is 9. The van der Waals surface area contributed by atoms with Gasteiger partial charge in [-0.2, -0.15) is 5.26 Å². The van der Waals surface area contributed by atoms with Gasteiger partial charge in [-0.1, -0.05) is 13.8 Å². The molecule has 100 valence electrons. The molecule has 0 aromatic carbocycles. The Bertz CT molecular complexity index is 232. The fourth-order valence-corrected chi connectivity index (χ4v) is 2.13. The molecule has 0 fully saturated rings. The Labute approximate surface area is 107 Å². The maximum atomic E-state index is 9.17. The highest BCUT2D eigenvalue weighted by atomic mass is 15.1. The summed E-state index contributed by atoms with van der Waals surface area (Å²) in [5, 5.41) is 12.4. The standard InChI is InChI=1S/C14H29N3/c1-6-10-17(13(3)4)11-8-9-14(5,12-15)16-7-2/h13,16H,6-11H2,1-5H3. The summed E-state index contributed by atoms with van der Waals surface area (Å²) in [6.07, 6.45) is 3.19. The molecule has 0 spiro atoms. The average Bonchev–Trinajstić information content (AvgIpc) is 2.28.